The fraction of sp³-hybridized carbons (Fsp3) is 0.143. The van der Waals surface area contributed by atoms with E-state index in [4.69, 9.17) is 5.73 Å². The lowest BCUT2D eigenvalue weighted by atomic mass is 10.1. The molecule has 0 radical (unpaired) electrons. The Bertz CT molecular complexity index is 1010. The van der Waals surface area contributed by atoms with Gasteiger partial charge >= 0.3 is 0 Å². The quantitative estimate of drug-likeness (QED) is 0.567. The van der Waals surface area contributed by atoms with E-state index < -0.39 is 0 Å². The fourth-order valence-electron chi connectivity index (χ4n) is 3.43. The van der Waals surface area contributed by atoms with Crippen molar-refractivity contribution in [2.24, 2.45) is 0 Å². The van der Waals surface area contributed by atoms with E-state index in [0.717, 1.165) is 12.8 Å². The number of carbonyl (C=O) groups is 1. The summed E-state index contributed by atoms with van der Waals surface area (Å²) in [5, 5.41) is 6.01. The summed E-state index contributed by atoms with van der Waals surface area (Å²) < 4.78 is 14.2. The van der Waals surface area contributed by atoms with Crippen molar-refractivity contribution in [1.82, 2.24) is 10.3 Å². The number of amides is 1. The number of benzene rings is 2. The van der Waals surface area contributed by atoms with Crippen LogP contribution < -0.4 is 16.4 Å². The molecule has 0 spiro atoms. The first-order chi connectivity index (χ1) is 13.5. The van der Waals surface area contributed by atoms with E-state index >= 15 is 0 Å². The number of pyridine rings is 1. The molecule has 1 aromatic heterocycles. The minimum atomic E-state index is -0.389. The van der Waals surface area contributed by atoms with Crippen LogP contribution in [0, 0.1) is 5.82 Å². The van der Waals surface area contributed by atoms with Crippen molar-refractivity contribution in [3.05, 3.63) is 81.7 Å². The number of carbonyl (C=O) groups excluding carboxylic acids is 1. The van der Waals surface area contributed by atoms with Crippen LogP contribution in [0.1, 0.15) is 21.6 Å². The third-order valence-corrected chi connectivity index (χ3v) is 5.06. The number of nitrogens with one attached hydrogen (secondary N) is 2. The average molecular weight is 441 g/mol. The van der Waals surface area contributed by atoms with Gasteiger partial charge in [0.2, 0.25) is 0 Å². The molecule has 0 saturated carbocycles. The van der Waals surface area contributed by atoms with Gasteiger partial charge in [0.25, 0.3) is 5.91 Å². The minimum Gasteiger partial charge on any atom is -0.399 e. The Kier molecular flexibility index (Phi) is 5.00. The van der Waals surface area contributed by atoms with Crippen LogP contribution >= 0.6 is 15.9 Å². The van der Waals surface area contributed by atoms with Crippen molar-refractivity contribution < 1.29 is 9.18 Å². The zero-order chi connectivity index (χ0) is 19.7. The van der Waals surface area contributed by atoms with Gasteiger partial charge in [-0.25, -0.2) is 9.37 Å². The first-order valence-corrected chi connectivity index (χ1v) is 9.64. The fourth-order valence-corrected chi connectivity index (χ4v) is 3.89. The molecule has 0 unspecified atom stereocenters. The number of rotatable bonds is 4. The molecule has 0 bridgehead atoms. The predicted octanol–water partition coefficient (Wildman–Crippen LogP) is 4.21. The first-order valence-electron chi connectivity index (χ1n) is 8.84. The van der Waals surface area contributed by atoms with Crippen LogP contribution in [0.5, 0.6) is 0 Å². The molecule has 28 heavy (non-hydrogen) atoms. The topological polar surface area (TPSA) is 80.0 Å². The summed E-state index contributed by atoms with van der Waals surface area (Å²) in [6.45, 7) is 0. The van der Waals surface area contributed by atoms with Gasteiger partial charge in [0, 0.05) is 28.0 Å². The van der Waals surface area contributed by atoms with Gasteiger partial charge < -0.3 is 16.4 Å². The molecular weight excluding hydrogens is 423 g/mol. The summed E-state index contributed by atoms with van der Waals surface area (Å²) in [7, 11) is 0. The van der Waals surface area contributed by atoms with Crippen LogP contribution in [0.2, 0.25) is 0 Å². The molecule has 4 rings (SSSR count). The van der Waals surface area contributed by atoms with Crippen LogP contribution in [0.4, 0.5) is 21.6 Å². The number of hydrogen-bond acceptors (Lipinski definition) is 4. The number of fused-ring (bicyclic) bond motifs is 1. The van der Waals surface area contributed by atoms with Crippen LogP contribution in [0.3, 0.4) is 0 Å². The Balaban J connectivity index is 1.50. The van der Waals surface area contributed by atoms with E-state index in [2.05, 4.69) is 43.7 Å². The maximum absolute atomic E-state index is 13.6. The smallest absolute Gasteiger partial charge is 0.270 e. The van der Waals surface area contributed by atoms with Crippen molar-refractivity contribution in [3.8, 4) is 0 Å². The van der Waals surface area contributed by atoms with E-state index in [1.165, 1.54) is 29.3 Å². The Morgan fingerprint density at radius 3 is 2.50 bits per heavy atom. The van der Waals surface area contributed by atoms with Crippen molar-refractivity contribution in [1.29, 1.82) is 0 Å². The van der Waals surface area contributed by atoms with Gasteiger partial charge in [-0.3, -0.25) is 4.79 Å². The molecule has 0 atom stereocenters. The summed E-state index contributed by atoms with van der Waals surface area (Å²) >= 11 is 3.25. The zero-order valence-electron chi connectivity index (χ0n) is 14.9. The van der Waals surface area contributed by atoms with Crippen molar-refractivity contribution >= 4 is 39.0 Å². The van der Waals surface area contributed by atoms with E-state index in [1.54, 1.807) is 12.1 Å². The highest BCUT2D eigenvalue weighted by Crippen LogP contribution is 2.24. The Hall–Kier alpha value is -2.93. The maximum atomic E-state index is 13.6. The van der Waals surface area contributed by atoms with Gasteiger partial charge in [-0.2, -0.15) is 0 Å². The second-order valence-electron chi connectivity index (χ2n) is 6.80. The predicted molar refractivity (Wildman–Crippen MR) is 111 cm³/mol. The number of nitrogens with two attached hydrogens (primary N) is 1. The number of hydrogen-bond donors (Lipinski definition) is 3. The summed E-state index contributed by atoms with van der Waals surface area (Å²) in [5.41, 5.74) is 9.57. The van der Waals surface area contributed by atoms with E-state index in [9.17, 15) is 9.18 Å². The van der Waals surface area contributed by atoms with Crippen molar-refractivity contribution in [2.75, 3.05) is 11.1 Å². The summed E-state index contributed by atoms with van der Waals surface area (Å²) in [6.07, 6.45) is 1.60. The lowest BCUT2D eigenvalue weighted by Crippen LogP contribution is -2.35. The summed E-state index contributed by atoms with van der Waals surface area (Å²) in [6, 6.07) is 15.7. The SMILES string of the molecule is Nc1cc(Nc2cc(F)cc(Br)c2)nc(C(=O)NC2Cc3ccccc3C2)c1. The largest absolute Gasteiger partial charge is 0.399 e. The monoisotopic (exact) mass is 440 g/mol. The van der Waals surface area contributed by atoms with Gasteiger partial charge in [0.15, 0.2) is 0 Å². The standard InChI is InChI=1S/C21H18BrFN4O/c22-14-7-15(23)9-18(8-14)25-20-11-16(24)10-19(27-20)21(28)26-17-5-12-3-1-2-4-13(12)6-17/h1-4,7-11,17H,5-6H2,(H,26,28)(H3,24,25,27). The molecule has 4 N–H and O–H groups in total. The molecular formula is C21H18BrFN4O. The second-order valence-corrected chi connectivity index (χ2v) is 7.72. The van der Waals surface area contributed by atoms with Gasteiger partial charge in [-0.05, 0) is 48.2 Å². The molecule has 5 nitrogen and oxygen atoms in total. The van der Waals surface area contributed by atoms with Gasteiger partial charge in [-0.1, -0.05) is 40.2 Å². The minimum absolute atomic E-state index is 0.0312. The highest BCUT2D eigenvalue weighted by atomic mass is 79.9. The molecule has 0 aliphatic heterocycles. The Labute approximate surface area is 170 Å². The molecule has 142 valence electrons. The molecule has 0 fully saturated rings. The number of aromatic nitrogens is 1. The molecule has 1 heterocycles. The molecule has 7 heteroatoms. The van der Waals surface area contributed by atoms with E-state index in [-0.39, 0.29) is 23.5 Å². The van der Waals surface area contributed by atoms with Crippen LogP contribution in [0.25, 0.3) is 0 Å². The van der Waals surface area contributed by atoms with Crippen LogP contribution in [0.15, 0.2) is 59.1 Å². The summed E-state index contributed by atoms with van der Waals surface area (Å²) in [4.78, 5) is 17.0. The normalized spacial score (nSPS) is 13.2. The van der Waals surface area contributed by atoms with Gasteiger partial charge in [0.1, 0.15) is 17.3 Å². The highest BCUT2D eigenvalue weighted by molar-refractivity contribution is 9.10. The van der Waals surface area contributed by atoms with Crippen LogP contribution in [-0.2, 0) is 12.8 Å². The molecule has 2 aromatic carbocycles. The molecule has 1 aliphatic rings. The van der Waals surface area contributed by atoms with Gasteiger partial charge in [0.05, 0.1) is 0 Å². The number of nitrogens with zero attached hydrogens (tertiary/aromatic N) is 1. The van der Waals surface area contributed by atoms with Crippen molar-refractivity contribution in [2.45, 2.75) is 18.9 Å². The number of nitrogen functional groups attached to an aromatic ring is 1. The third-order valence-electron chi connectivity index (χ3n) is 4.60. The average Bonchev–Trinajstić information content (AvgIpc) is 3.02. The molecule has 0 saturated heterocycles. The number of anilines is 3. The lowest BCUT2D eigenvalue weighted by molar-refractivity contribution is 0.0933. The first kappa shape index (κ1) is 18.4. The molecule has 3 aromatic rings. The zero-order valence-corrected chi connectivity index (χ0v) is 16.5. The molecule has 1 amide bonds. The lowest BCUT2D eigenvalue weighted by Gasteiger charge is -2.13. The third kappa shape index (κ3) is 4.14. The number of halogens is 2. The van der Waals surface area contributed by atoms with Crippen molar-refractivity contribution in [3.63, 3.8) is 0 Å². The maximum Gasteiger partial charge on any atom is 0.270 e. The second kappa shape index (κ2) is 7.59. The molecule has 1 aliphatic carbocycles. The Morgan fingerprint density at radius 1 is 1.11 bits per heavy atom. The van der Waals surface area contributed by atoms with E-state index in [0.29, 0.717) is 21.7 Å². The van der Waals surface area contributed by atoms with Gasteiger partial charge in [-0.15, -0.1) is 0 Å². The summed E-state index contributed by atoms with van der Waals surface area (Å²) in [5.74, 6) is -0.300. The van der Waals surface area contributed by atoms with Crippen LogP contribution in [-0.4, -0.2) is 16.9 Å². The Morgan fingerprint density at radius 2 is 1.82 bits per heavy atom. The highest BCUT2D eigenvalue weighted by Gasteiger charge is 2.23. The van der Waals surface area contributed by atoms with E-state index in [1.807, 2.05) is 12.1 Å².